The van der Waals surface area contributed by atoms with Crippen LogP contribution in [0, 0.1) is 0 Å². The molecule has 0 heterocycles. The molecule has 0 saturated carbocycles. The first kappa shape index (κ1) is 20.9. The molecule has 2 atom stereocenters. The molecule has 2 aromatic rings. The maximum Gasteiger partial charge on any atom is 0.352 e. The standard InChI is InChI=1S/C19H16O9/c1-27-28-19(17(24)25,15(21)13-10-6-3-7-11-13)18(26,16(22)23)14(20)12-8-4-2-5-9-12/h2-11,26H,1H3,(H,22,23)(H,24,25)/t18-,19-/m1/s1. The van der Waals surface area contributed by atoms with Crippen LogP contribution in [0.3, 0.4) is 0 Å². The third-order valence-corrected chi connectivity index (χ3v) is 4.05. The summed E-state index contributed by atoms with van der Waals surface area (Å²) in [6, 6.07) is 13.2. The van der Waals surface area contributed by atoms with Crippen molar-refractivity contribution in [2.24, 2.45) is 0 Å². The Morgan fingerprint density at radius 2 is 1.18 bits per heavy atom. The van der Waals surface area contributed by atoms with Crippen LogP contribution < -0.4 is 0 Å². The van der Waals surface area contributed by atoms with Gasteiger partial charge in [-0.2, -0.15) is 0 Å². The Kier molecular flexibility index (Phi) is 6.04. The highest BCUT2D eigenvalue weighted by Gasteiger charge is 2.73. The quantitative estimate of drug-likeness (QED) is 0.247. The number of hydrogen-bond donors (Lipinski definition) is 3. The zero-order valence-electron chi connectivity index (χ0n) is 14.6. The van der Waals surface area contributed by atoms with Crippen molar-refractivity contribution >= 4 is 23.5 Å². The fourth-order valence-electron chi connectivity index (χ4n) is 2.67. The zero-order chi connectivity index (χ0) is 20.9. The highest BCUT2D eigenvalue weighted by Crippen LogP contribution is 2.35. The maximum absolute atomic E-state index is 13.0. The van der Waals surface area contributed by atoms with Crippen molar-refractivity contribution in [2.45, 2.75) is 11.2 Å². The van der Waals surface area contributed by atoms with Gasteiger partial charge in [-0.05, 0) is 0 Å². The summed E-state index contributed by atoms with van der Waals surface area (Å²) in [5, 5.41) is 30.3. The Labute approximate surface area is 158 Å². The predicted octanol–water partition coefficient (Wildman–Crippen LogP) is 0.969. The lowest BCUT2D eigenvalue weighted by Gasteiger charge is -2.36. The summed E-state index contributed by atoms with van der Waals surface area (Å²) in [7, 11) is 0.811. The van der Waals surface area contributed by atoms with Crippen molar-refractivity contribution < 1.29 is 44.3 Å². The number of benzene rings is 2. The summed E-state index contributed by atoms with van der Waals surface area (Å²) in [6.07, 6.45) is 0. The molecule has 0 fully saturated rings. The topological polar surface area (TPSA) is 147 Å². The van der Waals surface area contributed by atoms with Gasteiger partial charge in [-0.3, -0.25) is 9.59 Å². The van der Waals surface area contributed by atoms with E-state index in [0.29, 0.717) is 0 Å². The third-order valence-electron chi connectivity index (χ3n) is 4.05. The molecule has 9 heteroatoms. The lowest BCUT2D eigenvalue weighted by atomic mass is 9.73. The number of carboxylic acids is 2. The van der Waals surface area contributed by atoms with E-state index < -0.39 is 34.7 Å². The van der Waals surface area contributed by atoms with E-state index in [1.54, 1.807) is 0 Å². The number of carbonyl (C=O) groups is 4. The minimum absolute atomic E-state index is 0.317. The van der Waals surface area contributed by atoms with Crippen molar-refractivity contribution in [1.82, 2.24) is 0 Å². The molecular formula is C19H16O9. The van der Waals surface area contributed by atoms with E-state index in [0.717, 1.165) is 19.2 Å². The zero-order valence-corrected chi connectivity index (χ0v) is 14.6. The van der Waals surface area contributed by atoms with Crippen molar-refractivity contribution in [3.8, 4) is 0 Å². The maximum atomic E-state index is 13.0. The van der Waals surface area contributed by atoms with Crippen LogP contribution >= 0.6 is 0 Å². The van der Waals surface area contributed by atoms with Gasteiger partial charge in [0.15, 0.2) is 0 Å². The molecule has 0 aliphatic heterocycles. The van der Waals surface area contributed by atoms with Crippen LogP contribution in [0.25, 0.3) is 0 Å². The number of carbonyl (C=O) groups excluding carboxylic acids is 2. The number of hydrogen-bond acceptors (Lipinski definition) is 7. The van der Waals surface area contributed by atoms with Crippen LogP contribution in [0.15, 0.2) is 60.7 Å². The average molecular weight is 388 g/mol. The average Bonchev–Trinajstić information content (AvgIpc) is 2.71. The van der Waals surface area contributed by atoms with Crippen LogP contribution in [0.5, 0.6) is 0 Å². The molecule has 146 valence electrons. The first-order valence-electron chi connectivity index (χ1n) is 7.84. The van der Waals surface area contributed by atoms with E-state index in [2.05, 4.69) is 9.78 Å². The van der Waals surface area contributed by atoms with Crippen LogP contribution in [-0.2, 0) is 19.4 Å². The lowest BCUT2D eigenvalue weighted by Crippen LogP contribution is -2.72. The van der Waals surface area contributed by atoms with Gasteiger partial charge in [0.2, 0.25) is 11.6 Å². The molecule has 9 nitrogen and oxygen atoms in total. The smallest absolute Gasteiger partial charge is 0.352 e. The van der Waals surface area contributed by atoms with Crippen LogP contribution in [0.2, 0.25) is 0 Å². The van der Waals surface area contributed by atoms with Crippen molar-refractivity contribution in [2.75, 3.05) is 7.11 Å². The third kappa shape index (κ3) is 3.18. The lowest BCUT2D eigenvalue weighted by molar-refractivity contribution is -0.344. The molecule has 0 spiro atoms. The SMILES string of the molecule is COO[C@@](C(=O)O)(C(=O)c1ccccc1)[C@](O)(C(=O)O)C(=O)c1ccccc1. The summed E-state index contributed by atoms with van der Waals surface area (Å²) >= 11 is 0. The Hall–Kier alpha value is -3.40. The molecule has 2 rings (SSSR count). The largest absolute Gasteiger partial charge is 0.479 e. The second kappa shape index (κ2) is 8.09. The van der Waals surface area contributed by atoms with E-state index in [1.165, 1.54) is 48.5 Å². The van der Waals surface area contributed by atoms with E-state index in [4.69, 9.17) is 0 Å². The summed E-state index contributed by atoms with van der Waals surface area (Å²) in [5.74, 6) is -7.58. The van der Waals surface area contributed by atoms with E-state index in [9.17, 15) is 34.5 Å². The van der Waals surface area contributed by atoms with Gasteiger partial charge in [0.1, 0.15) is 0 Å². The van der Waals surface area contributed by atoms with Gasteiger partial charge in [-0.25, -0.2) is 19.4 Å². The summed E-state index contributed by atoms with van der Waals surface area (Å²) in [4.78, 5) is 58.9. The number of ketones is 2. The second-order valence-electron chi connectivity index (χ2n) is 5.64. The summed E-state index contributed by atoms with van der Waals surface area (Å²) in [6.45, 7) is 0. The Morgan fingerprint density at radius 1 is 0.750 bits per heavy atom. The van der Waals surface area contributed by atoms with Gasteiger partial charge in [-0.15, -0.1) is 0 Å². The fraction of sp³-hybridized carbons (Fsp3) is 0.158. The number of aliphatic hydroxyl groups is 1. The Bertz CT molecular complexity index is 894. The van der Waals surface area contributed by atoms with Crippen molar-refractivity contribution in [3.05, 3.63) is 71.8 Å². The number of aliphatic carboxylic acids is 2. The highest BCUT2D eigenvalue weighted by atomic mass is 17.2. The molecule has 0 radical (unpaired) electrons. The Balaban J connectivity index is 2.81. The van der Waals surface area contributed by atoms with Crippen LogP contribution in [0.4, 0.5) is 0 Å². The minimum Gasteiger partial charge on any atom is -0.479 e. The molecule has 2 aromatic carbocycles. The molecule has 0 aliphatic carbocycles. The monoisotopic (exact) mass is 388 g/mol. The number of Topliss-reactive ketones (excluding diaryl/α,β-unsaturated/α-hetero) is 2. The highest BCUT2D eigenvalue weighted by molar-refractivity contribution is 6.28. The molecule has 0 amide bonds. The fourth-order valence-corrected chi connectivity index (χ4v) is 2.67. The van der Waals surface area contributed by atoms with Crippen molar-refractivity contribution in [1.29, 1.82) is 0 Å². The molecule has 0 aliphatic rings. The van der Waals surface area contributed by atoms with Gasteiger partial charge in [0, 0.05) is 11.1 Å². The molecule has 0 unspecified atom stereocenters. The molecular weight excluding hydrogens is 372 g/mol. The molecule has 0 saturated heterocycles. The molecule has 0 bridgehead atoms. The normalized spacial score (nSPS) is 15.1. The van der Waals surface area contributed by atoms with Gasteiger partial charge in [0.05, 0.1) is 7.11 Å². The summed E-state index contributed by atoms with van der Waals surface area (Å²) < 4.78 is 0. The first-order valence-corrected chi connectivity index (χ1v) is 7.84. The van der Waals surface area contributed by atoms with Gasteiger partial charge < -0.3 is 15.3 Å². The van der Waals surface area contributed by atoms with E-state index in [-0.39, 0.29) is 11.1 Å². The van der Waals surface area contributed by atoms with Crippen LogP contribution in [-0.4, -0.2) is 57.1 Å². The molecule has 0 aromatic heterocycles. The van der Waals surface area contributed by atoms with Gasteiger partial charge >= 0.3 is 17.5 Å². The minimum atomic E-state index is -3.84. The molecule has 28 heavy (non-hydrogen) atoms. The van der Waals surface area contributed by atoms with E-state index >= 15 is 0 Å². The molecule has 3 N–H and O–H groups in total. The van der Waals surface area contributed by atoms with E-state index in [1.807, 2.05) is 0 Å². The first-order chi connectivity index (χ1) is 13.2. The second-order valence-corrected chi connectivity index (χ2v) is 5.64. The van der Waals surface area contributed by atoms with Crippen molar-refractivity contribution in [3.63, 3.8) is 0 Å². The Morgan fingerprint density at radius 3 is 1.54 bits per heavy atom. The number of carboxylic acid groups (broad SMARTS) is 2. The predicted molar refractivity (Wildman–Crippen MR) is 92.6 cm³/mol. The van der Waals surface area contributed by atoms with Gasteiger partial charge in [0.25, 0.3) is 5.60 Å². The number of rotatable bonds is 9. The summed E-state index contributed by atoms with van der Waals surface area (Å²) in [5.41, 5.74) is -8.13. The van der Waals surface area contributed by atoms with Gasteiger partial charge in [-0.1, -0.05) is 60.7 Å². The van der Waals surface area contributed by atoms with Crippen LogP contribution in [0.1, 0.15) is 20.7 Å².